The van der Waals surface area contributed by atoms with E-state index in [0.717, 1.165) is 51.0 Å². The number of halogens is 1. The van der Waals surface area contributed by atoms with E-state index < -0.39 is 0 Å². The van der Waals surface area contributed by atoms with Gasteiger partial charge in [-0.3, -0.25) is 4.90 Å². The fourth-order valence-corrected chi connectivity index (χ4v) is 3.02. The van der Waals surface area contributed by atoms with Crippen molar-refractivity contribution in [2.75, 3.05) is 44.3 Å². The lowest BCUT2D eigenvalue weighted by Crippen LogP contribution is -2.50. The predicted molar refractivity (Wildman–Crippen MR) is 74.8 cm³/mol. The van der Waals surface area contributed by atoms with Gasteiger partial charge in [-0.25, -0.2) is 9.97 Å². The Morgan fingerprint density at radius 2 is 2.05 bits per heavy atom. The van der Waals surface area contributed by atoms with E-state index in [2.05, 4.69) is 19.8 Å². The predicted octanol–water partition coefficient (Wildman–Crippen LogP) is 1.35. The highest BCUT2D eigenvalue weighted by Crippen LogP contribution is 2.20. The Morgan fingerprint density at radius 3 is 2.68 bits per heavy atom. The number of nitrogens with zero attached hydrogens (tertiary/aromatic N) is 4. The van der Waals surface area contributed by atoms with Crippen molar-refractivity contribution in [1.29, 1.82) is 0 Å². The van der Waals surface area contributed by atoms with E-state index in [1.54, 1.807) is 0 Å². The molecule has 1 aromatic rings. The number of ether oxygens (including phenoxy) is 1. The Morgan fingerprint density at radius 1 is 1.26 bits per heavy atom. The minimum atomic E-state index is 0.522. The van der Waals surface area contributed by atoms with Gasteiger partial charge in [0, 0.05) is 44.9 Å². The number of piperazine rings is 1. The third-order valence-electron chi connectivity index (χ3n) is 3.85. The lowest BCUT2D eigenvalue weighted by Gasteiger charge is -2.38. The summed E-state index contributed by atoms with van der Waals surface area (Å²) in [5, 5.41) is 0.522. The van der Waals surface area contributed by atoms with Gasteiger partial charge in [0.15, 0.2) is 0 Å². The summed E-state index contributed by atoms with van der Waals surface area (Å²) >= 11 is 6.00. The van der Waals surface area contributed by atoms with Crippen molar-refractivity contribution < 1.29 is 4.74 Å². The maximum Gasteiger partial charge on any atom is 0.134 e. The Labute approximate surface area is 118 Å². The van der Waals surface area contributed by atoms with Crippen LogP contribution in [-0.2, 0) is 4.74 Å². The van der Waals surface area contributed by atoms with Crippen LogP contribution in [0.4, 0.5) is 5.82 Å². The quantitative estimate of drug-likeness (QED) is 0.766. The Balaban J connectivity index is 1.63. The molecule has 2 fully saturated rings. The second-order valence-electron chi connectivity index (χ2n) is 5.14. The van der Waals surface area contributed by atoms with Gasteiger partial charge in [0.1, 0.15) is 16.8 Å². The second-order valence-corrected chi connectivity index (χ2v) is 5.52. The average Bonchev–Trinajstić information content (AvgIpc) is 2.91. The molecule has 0 radical (unpaired) electrons. The molecule has 1 aromatic heterocycles. The molecule has 0 aromatic carbocycles. The molecule has 1 atom stereocenters. The largest absolute Gasteiger partial charge is 0.380 e. The molecule has 0 unspecified atom stereocenters. The number of rotatable bonds is 2. The highest BCUT2D eigenvalue weighted by molar-refractivity contribution is 6.29. The van der Waals surface area contributed by atoms with Gasteiger partial charge in [0.25, 0.3) is 0 Å². The fourth-order valence-electron chi connectivity index (χ4n) is 2.80. The molecular weight excluding hydrogens is 264 g/mol. The lowest BCUT2D eigenvalue weighted by molar-refractivity contribution is 0.139. The maximum atomic E-state index is 6.00. The molecule has 0 N–H and O–H groups in total. The average molecular weight is 283 g/mol. The summed E-state index contributed by atoms with van der Waals surface area (Å²) in [4.78, 5) is 13.4. The standard InChI is InChI=1S/C13H19ClN4O/c1-10-15-12(14)8-13(16-10)18-5-3-17(4-6-18)11-2-7-19-9-11/h8,11H,2-7,9H2,1H3/t11-/m0/s1. The molecule has 0 bridgehead atoms. The Hall–Kier alpha value is -0.910. The molecule has 3 heterocycles. The van der Waals surface area contributed by atoms with Crippen LogP contribution in [0, 0.1) is 6.92 Å². The highest BCUT2D eigenvalue weighted by atomic mass is 35.5. The lowest BCUT2D eigenvalue weighted by atomic mass is 10.2. The van der Waals surface area contributed by atoms with Crippen LogP contribution >= 0.6 is 11.6 Å². The molecular formula is C13H19ClN4O. The SMILES string of the molecule is Cc1nc(Cl)cc(N2CCN([C@H]3CCOC3)CC2)n1. The molecule has 2 saturated heterocycles. The Kier molecular flexibility index (Phi) is 3.86. The van der Waals surface area contributed by atoms with E-state index in [-0.39, 0.29) is 0 Å². The van der Waals surface area contributed by atoms with E-state index >= 15 is 0 Å². The molecule has 2 aliphatic heterocycles. The molecule has 5 nitrogen and oxygen atoms in total. The normalized spacial score (nSPS) is 24.9. The van der Waals surface area contributed by atoms with Crippen LogP contribution in [0.15, 0.2) is 6.07 Å². The summed E-state index contributed by atoms with van der Waals surface area (Å²) in [5.41, 5.74) is 0. The molecule has 3 rings (SSSR count). The van der Waals surface area contributed by atoms with Gasteiger partial charge in [0.2, 0.25) is 0 Å². The summed E-state index contributed by atoms with van der Waals surface area (Å²) in [6, 6.07) is 2.46. The van der Waals surface area contributed by atoms with Gasteiger partial charge in [-0.1, -0.05) is 11.6 Å². The summed E-state index contributed by atoms with van der Waals surface area (Å²) in [6.45, 7) is 7.78. The van der Waals surface area contributed by atoms with Crippen LogP contribution in [0.5, 0.6) is 0 Å². The first-order valence-electron chi connectivity index (χ1n) is 6.80. The molecule has 0 saturated carbocycles. The zero-order chi connectivity index (χ0) is 13.2. The zero-order valence-electron chi connectivity index (χ0n) is 11.2. The van der Waals surface area contributed by atoms with Gasteiger partial charge in [0.05, 0.1) is 6.61 Å². The minimum absolute atomic E-state index is 0.522. The van der Waals surface area contributed by atoms with Crippen LogP contribution in [0.3, 0.4) is 0 Å². The molecule has 19 heavy (non-hydrogen) atoms. The van der Waals surface area contributed by atoms with Gasteiger partial charge >= 0.3 is 0 Å². The second kappa shape index (κ2) is 5.61. The number of aromatic nitrogens is 2. The smallest absolute Gasteiger partial charge is 0.134 e. The van der Waals surface area contributed by atoms with Crippen LogP contribution in [0.2, 0.25) is 5.15 Å². The third kappa shape index (κ3) is 2.99. The molecule has 6 heteroatoms. The van der Waals surface area contributed by atoms with Crippen molar-refractivity contribution in [3.8, 4) is 0 Å². The van der Waals surface area contributed by atoms with E-state index in [0.29, 0.717) is 11.2 Å². The molecule has 104 valence electrons. The van der Waals surface area contributed by atoms with Crippen LogP contribution < -0.4 is 4.90 Å². The molecule has 0 amide bonds. The number of anilines is 1. The fraction of sp³-hybridized carbons (Fsp3) is 0.692. The van der Waals surface area contributed by atoms with Gasteiger partial charge in [-0.05, 0) is 13.3 Å². The first kappa shape index (κ1) is 13.1. The summed E-state index contributed by atoms with van der Waals surface area (Å²) in [6.07, 6.45) is 1.17. The topological polar surface area (TPSA) is 41.5 Å². The van der Waals surface area contributed by atoms with Crippen molar-refractivity contribution in [3.05, 3.63) is 17.0 Å². The van der Waals surface area contributed by atoms with Gasteiger partial charge in [-0.2, -0.15) is 0 Å². The van der Waals surface area contributed by atoms with Crippen LogP contribution in [-0.4, -0.2) is 60.3 Å². The van der Waals surface area contributed by atoms with Crippen LogP contribution in [0.1, 0.15) is 12.2 Å². The number of hydrogen-bond donors (Lipinski definition) is 0. The monoisotopic (exact) mass is 282 g/mol. The van der Waals surface area contributed by atoms with E-state index in [1.165, 1.54) is 6.42 Å². The zero-order valence-corrected chi connectivity index (χ0v) is 11.9. The first-order valence-corrected chi connectivity index (χ1v) is 7.18. The van der Waals surface area contributed by atoms with E-state index in [9.17, 15) is 0 Å². The van der Waals surface area contributed by atoms with E-state index in [4.69, 9.17) is 16.3 Å². The van der Waals surface area contributed by atoms with Crippen molar-refractivity contribution >= 4 is 17.4 Å². The van der Waals surface area contributed by atoms with Gasteiger partial charge < -0.3 is 9.64 Å². The maximum absolute atomic E-state index is 6.00. The molecule has 0 aliphatic carbocycles. The number of aryl methyl sites for hydroxylation is 1. The highest BCUT2D eigenvalue weighted by Gasteiger charge is 2.27. The summed E-state index contributed by atoms with van der Waals surface area (Å²) in [5.74, 6) is 1.67. The molecule has 2 aliphatic rings. The van der Waals surface area contributed by atoms with Crippen molar-refractivity contribution in [3.63, 3.8) is 0 Å². The molecule has 0 spiro atoms. The van der Waals surface area contributed by atoms with Crippen molar-refractivity contribution in [1.82, 2.24) is 14.9 Å². The summed E-state index contributed by atoms with van der Waals surface area (Å²) in [7, 11) is 0. The van der Waals surface area contributed by atoms with Crippen molar-refractivity contribution in [2.45, 2.75) is 19.4 Å². The minimum Gasteiger partial charge on any atom is -0.380 e. The van der Waals surface area contributed by atoms with Crippen LogP contribution in [0.25, 0.3) is 0 Å². The van der Waals surface area contributed by atoms with Crippen molar-refractivity contribution in [2.24, 2.45) is 0 Å². The first-order chi connectivity index (χ1) is 9.22. The third-order valence-corrected chi connectivity index (χ3v) is 4.05. The van der Waals surface area contributed by atoms with E-state index in [1.807, 2.05) is 13.0 Å². The van der Waals surface area contributed by atoms with Gasteiger partial charge in [-0.15, -0.1) is 0 Å². The summed E-state index contributed by atoms with van der Waals surface area (Å²) < 4.78 is 5.46. The number of hydrogen-bond acceptors (Lipinski definition) is 5. The Bertz CT molecular complexity index is 422.